The van der Waals surface area contributed by atoms with Crippen molar-refractivity contribution in [3.8, 4) is 0 Å². The van der Waals surface area contributed by atoms with Crippen molar-refractivity contribution >= 4 is 59.0 Å². The molecule has 0 aliphatic carbocycles. The molecule has 0 bridgehead atoms. The number of nitrogens with zero attached hydrogens (tertiary/aromatic N) is 2. The second kappa shape index (κ2) is 21.0. The van der Waals surface area contributed by atoms with Gasteiger partial charge in [-0.1, -0.05) is 121 Å². The van der Waals surface area contributed by atoms with Crippen molar-refractivity contribution < 1.29 is 46.3 Å². The van der Waals surface area contributed by atoms with Crippen LogP contribution in [0.2, 0.25) is 0 Å². The van der Waals surface area contributed by atoms with Crippen LogP contribution < -0.4 is 31.8 Å². The maximum absolute atomic E-state index is 5.09. The molecule has 0 aliphatic rings. The summed E-state index contributed by atoms with van der Waals surface area (Å²) in [6.45, 7) is 0.380. The Morgan fingerprint density at radius 3 is 0.891 bits per heavy atom. The molecule has 0 aliphatic heterocycles. The molecule has 0 saturated carbocycles. The summed E-state index contributed by atoms with van der Waals surface area (Å²) in [5, 5.41) is 18.2. The number of para-hydroxylation sites is 2. The van der Waals surface area contributed by atoms with Gasteiger partial charge in [-0.25, -0.2) is 6.67 Å². The van der Waals surface area contributed by atoms with Crippen LogP contribution in [0.15, 0.2) is 170 Å². The maximum Gasteiger partial charge on any atom is 2.00 e. The van der Waals surface area contributed by atoms with Gasteiger partial charge in [-0.05, 0) is 60.7 Å². The fourth-order valence-electron chi connectivity index (χ4n) is 5.21. The summed E-state index contributed by atoms with van der Waals surface area (Å²) in [6, 6.07) is 60.5. The molecule has 3 nitrogen and oxygen atoms in total. The van der Waals surface area contributed by atoms with Crippen LogP contribution in [0.1, 0.15) is 0 Å². The molecule has 2 N–H and O–H groups in total. The van der Waals surface area contributed by atoms with Gasteiger partial charge in [0.25, 0.3) is 0 Å². The van der Waals surface area contributed by atoms with Gasteiger partial charge in [-0.3, -0.25) is 0 Å². The first kappa shape index (κ1) is 41.1. The van der Waals surface area contributed by atoms with Gasteiger partial charge >= 0.3 is 20.4 Å². The minimum Gasteiger partial charge on any atom is -0.696 e. The van der Waals surface area contributed by atoms with Crippen molar-refractivity contribution in [3.05, 3.63) is 195 Å². The molecule has 0 radical (unpaired) electrons. The molecular weight excluding hydrogens is 787 g/mol. The quantitative estimate of drug-likeness (QED) is 0.0786. The molecule has 0 spiro atoms. The zero-order chi connectivity index (χ0) is 27.7. The third kappa shape index (κ3) is 10.0. The monoisotopic (exact) mass is 826 g/mol. The Labute approximate surface area is 305 Å². The van der Waals surface area contributed by atoms with E-state index in [2.05, 4.69) is 170 Å². The van der Waals surface area contributed by atoms with Gasteiger partial charge in [0, 0.05) is 20.4 Å². The summed E-state index contributed by atoms with van der Waals surface area (Å²) >= 11 is 0. The minimum atomic E-state index is -1.22. The van der Waals surface area contributed by atoms with E-state index in [0.717, 1.165) is 11.4 Å². The molecule has 7 heteroatoms. The van der Waals surface area contributed by atoms with Crippen molar-refractivity contribution in [2.75, 3.05) is 6.67 Å². The van der Waals surface area contributed by atoms with E-state index in [-0.39, 0.29) is 61.2 Å². The van der Waals surface area contributed by atoms with Gasteiger partial charge in [0.15, 0.2) is 0 Å². The van der Waals surface area contributed by atoms with Crippen LogP contribution in [0, 0.1) is 14.9 Å². The van der Waals surface area contributed by atoms with E-state index in [4.69, 9.17) is 10.6 Å². The molecule has 242 valence electrons. The van der Waals surface area contributed by atoms with Crippen LogP contribution in [0.5, 0.6) is 0 Å². The van der Waals surface area contributed by atoms with Crippen LogP contribution in [0.4, 0.5) is 11.4 Å². The van der Waals surface area contributed by atoms with E-state index >= 15 is 0 Å². The Morgan fingerprint density at radius 1 is 0.370 bits per heavy atom. The van der Waals surface area contributed by atoms with Gasteiger partial charge in [0.1, 0.15) is 21.2 Å². The normalized spacial score (nSPS) is 9.78. The van der Waals surface area contributed by atoms with Crippen LogP contribution in [-0.2, 0) is 40.8 Å². The predicted octanol–water partition coefficient (Wildman–Crippen LogP) is 7.41. The van der Waals surface area contributed by atoms with Crippen molar-refractivity contribution in [2.45, 2.75) is 0 Å². The van der Waals surface area contributed by atoms with Crippen LogP contribution >= 0.6 is 15.8 Å². The van der Waals surface area contributed by atoms with Crippen LogP contribution in [0.25, 0.3) is 10.6 Å². The molecule has 6 rings (SSSR count). The van der Waals surface area contributed by atoms with Gasteiger partial charge in [-0.15, -0.1) is 0 Å². The van der Waals surface area contributed by atoms with E-state index in [1.807, 2.05) is 0 Å². The van der Waals surface area contributed by atoms with E-state index in [9.17, 15) is 0 Å². The molecule has 0 saturated heterocycles. The third-order valence-electron chi connectivity index (χ3n) is 7.08. The molecular formula is C39H40N2OP2Pd2. The third-order valence-corrected chi connectivity index (χ3v) is 12.6. The Bertz CT molecular complexity index is 1470. The first-order valence-corrected chi connectivity index (χ1v) is 16.9. The van der Waals surface area contributed by atoms with Gasteiger partial charge in [0.2, 0.25) is 0 Å². The average Bonchev–Trinajstić information content (AvgIpc) is 3.05. The summed E-state index contributed by atoms with van der Waals surface area (Å²) in [5.74, 6) is 0. The molecule has 0 unspecified atom stereocenters. The Hall–Kier alpha value is -2.94. The topological polar surface area (TPSA) is 59.7 Å². The molecule has 6 aromatic rings. The van der Waals surface area contributed by atoms with E-state index in [0.29, 0.717) is 6.67 Å². The van der Waals surface area contributed by atoms with Crippen LogP contribution in [0.3, 0.4) is 0 Å². The first-order valence-electron chi connectivity index (χ1n) is 13.9. The zero-order valence-electron chi connectivity index (χ0n) is 25.9. The van der Waals surface area contributed by atoms with Gasteiger partial charge < -0.3 is 31.0 Å². The summed E-state index contributed by atoms with van der Waals surface area (Å²) in [4.78, 5) is 0. The molecule has 0 atom stereocenters. The Kier molecular flexibility index (Phi) is 18.8. The summed E-state index contributed by atoms with van der Waals surface area (Å²) < 4.78 is 0. The average molecular weight is 828 g/mol. The number of hydrogen-bond acceptors (Lipinski definition) is 0. The SMILES string of the molecule is O.[CH3-].[CH3-].[Pd+2].[Pd].c1ccc([PH+](c2ccccc2)c2ccccc2[N-]C[N-]c2ccccc2[PH+](c2ccccc2)c2ccccc2)cc1. The van der Waals surface area contributed by atoms with E-state index < -0.39 is 15.8 Å². The molecule has 0 aromatic heterocycles. The molecule has 0 fully saturated rings. The number of benzene rings is 6. The Balaban J connectivity index is 0.00000212. The number of rotatable bonds is 10. The first-order chi connectivity index (χ1) is 20.4. The summed E-state index contributed by atoms with van der Waals surface area (Å²) in [6.07, 6.45) is 0. The predicted molar refractivity (Wildman–Crippen MR) is 200 cm³/mol. The largest absolute Gasteiger partial charge is 2.00 e. The smallest absolute Gasteiger partial charge is 0.696 e. The fourth-order valence-corrected chi connectivity index (χ4v) is 10.6. The second-order valence-corrected chi connectivity index (χ2v) is 14.6. The van der Waals surface area contributed by atoms with E-state index in [1.54, 1.807) is 0 Å². The fraction of sp³-hybridized carbons (Fsp3) is 0.0256. The van der Waals surface area contributed by atoms with Crippen LogP contribution in [-0.4, -0.2) is 12.1 Å². The molecule has 0 heterocycles. The van der Waals surface area contributed by atoms with Crippen molar-refractivity contribution in [2.24, 2.45) is 0 Å². The molecule has 0 amide bonds. The second-order valence-electron chi connectivity index (χ2n) is 9.71. The van der Waals surface area contributed by atoms with Crippen molar-refractivity contribution in [1.82, 2.24) is 0 Å². The van der Waals surface area contributed by atoms with Crippen molar-refractivity contribution in [1.29, 1.82) is 0 Å². The summed E-state index contributed by atoms with van der Waals surface area (Å²) in [5.41, 5.74) is 2.04. The van der Waals surface area contributed by atoms with E-state index in [1.165, 1.54) is 31.8 Å². The Morgan fingerprint density at radius 2 is 0.609 bits per heavy atom. The number of hydrogen-bond donors (Lipinski definition) is 0. The maximum atomic E-state index is 5.09. The standard InChI is InChI=1S/C37H30N2P2.2CH3.H2O.2Pd/c1-5-17-30(18-6-1)40(31-19-7-2-8-20-31)36-27-15-13-25-34(36)38-29-39-35-26-14-16-28-37(35)41(32-21-9-3-10-22-32)33-23-11-4-12-24-33;;;;;/h1-28H,29H2;2*1H3;1H2;;/q-2;2*-1;;;+2/p+2. The van der Waals surface area contributed by atoms with Gasteiger partial charge in [0.05, 0.1) is 26.5 Å². The minimum absolute atomic E-state index is 0. The van der Waals surface area contributed by atoms with Gasteiger partial charge in [-0.2, -0.15) is 0 Å². The molecule has 6 aromatic carbocycles. The van der Waals surface area contributed by atoms with Crippen molar-refractivity contribution in [3.63, 3.8) is 0 Å². The zero-order valence-corrected chi connectivity index (χ0v) is 31.0. The summed E-state index contributed by atoms with van der Waals surface area (Å²) in [7, 11) is -2.45. The molecule has 46 heavy (non-hydrogen) atoms.